The fraction of sp³-hybridized carbons (Fsp3) is 0.261. The Labute approximate surface area is 181 Å². The number of Topliss-reactive ketones (excluding diaryl/α,β-unsaturated/α-hetero) is 1. The standard InChI is InChI=1S/C19H23NO3.C4H4O4/c1-15(14-23-17-8-4-3-5-9-17)20-12-11-19(21)16-7-6-10-18(13-16)22-2;5-3(6)1-2-4(7)8/h3-10,13,15,20H,11-12,14H2,1-2H3;1-2H,(H,5,6)(H,7,8)/b;2-1+. The number of para-hydroxylation sites is 1. The van der Waals surface area contributed by atoms with Gasteiger partial charge in [0.1, 0.15) is 24.1 Å². The molecule has 8 heteroatoms. The van der Waals surface area contributed by atoms with E-state index in [0.29, 0.717) is 42.5 Å². The summed E-state index contributed by atoms with van der Waals surface area (Å²) in [5.74, 6) is -1.08. The lowest BCUT2D eigenvalue weighted by Crippen LogP contribution is -2.90. The quantitative estimate of drug-likeness (QED) is 0.397. The van der Waals surface area contributed by atoms with Gasteiger partial charge in [-0.15, -0.1) is 0 Å². The number of carboxylic acid groups (broad SMARTS) is 2. The van der Waals surface area contributed by atoms with Gasteiger partial charge in [-0.05, 0) is 37.3 Å². The zero-order chi connectivity index (χ0) is 23.1. The van der Waals surface area contributed by atoms with Gasteiger partial charge in [-0.2, -0.15) is 0 Å². The predicted molar refractivity (Wildman–Crippen MR) is 112 cm³/mol. The van der Waals surface area contributed by atoms with Gasteiger partial charge >= 0.3 is 5.97 Å². The molecule has 0 fully saturated rings. The summed E-state index contributed by atoms with van der Waals surface area (Å²) in [6.45, 7) is 3.46. The third kappa shape index (κ3) is 11.8. The molecule has 0 bridgehead atoms. The summed E-state index contributed by atoms with van der Waals surface area (Å²) in [7, 11) is 1.60. The molecule has 0 amide bonds. The third-order valence-electron chi connectivity index (χ3n) is 3.95. The lowest BCUT2D eigenvalue weighted by atomic mass is 10.1. The number of quaternary nitrogens is 1. The van der Waals surface area contributed by atoms with E-state index >= 15 is 0 Å². The average Bonchev–Trinajstić information content (AvgIpc) is 2.77. The lowest BCUT2D eigenvalue weighted by molar-refractivity contribution is -0.685. The Balaban J connectivity index is 0.000000512. The van der Waals surface area contributed by atoms with Crippen molar-refractivity contribution in [3.8, 4) is 11.5 Å². The van der Waals surface area contributed by atoms with E-state index in [1.807, 2.05) is 48.5 Å². The van der Waals surface area contributed by atoms with Crippen molar-refractivity contribution in [3.05, 3.63) is 72.3 Å². The van der Waals surface area contributed by atoms with E-state index in [-0.39, 0.29) is 5.78 Å². The molecule has 0 aromatic heterocycles. The van der Waals surface area contributed by atoms with Crippen LogP contribution in [0.15, 0.2) is 66.7 Å². The van der Waals surface area contributed by atoms with Crippen LogP contribution in [0.4, 0.5) is 0 Å². The van der Waals surface area contributed by atoms with Crippen LogP contribution in [0.1, 0.15) is 23.7 Å². The maximum Gasteiger partial charge on any atom is 0.328 e. The van der Waals surface area contributed by atoms with Crippen molar-refractivity contribution in [1.29, 1.82) is 0 Å². The summed E-state index contributed by atoms with van der Waals surface area (Å²) in [5.41, 5.74) is 0.700. The highest BCUT2D eigenvalue weighted by molar-refractivity contribution is 5.96. The summed E-state index contributed by atoms with van der Waals surface area (Å²) >= 11 is 0. The normalized spacial score (nSPS) is 11.2. The molecular formula is C23H27NO7. The SMILES string of the molecule is COc1cccc(C(=O)CC[NH2+]C(C)COc2ccccc2)c1.O=C([O-])/C=C/C(=O)O. The highest BCUT2D eigenvalue weighted by Gasteiger charge is 2.10. The van der Waals surface area contributed by atoms with Gasteiger partial charge in [0.25, 0.3) is 0 Å². The minimum absolute atomic E-state index is 0.135. The Bertz CT molecular complexity index is 849. The van der Waals surface area contributed by atoms with Crippen molar-refractivity contribution in [3.63, 3.8) is 0 Å². The molecule has 1 unspecified atom stereocenters. The number of nitrogens with two attached hydrogens (primary N) is 1. The molecule has 0 aliphatic carbocycles. The van der Waals surface area contributed by atoms with Crippen molar-refractivity contribution < 1.29 is 39.4 Å². The van der Waals surface area contributed by atoms with Crippen molar-refractivity contribution in [2.24, 2.45) is 0 Å². The minimum Gasteiger partial charge on any atom is -0.545 e. The topological polar surface area (TPSA) is 130 Å². The van der Waals surface area contributed by atoms with Gasteiger partial charge < -0.3 is 29.8 Å². The first-order valence-corrected chi connectivity index (χ1v) is 9.62. The Hall–Kier alpha value is -3.65. The maximum absolute atomic E-state index is 12.2. The number of hydrogen-bond acceptors (Lipinski definition) is 6. The average molecular weight is 429 g/mol. The van der Waals surface area contributed by atoms with Crippen LogP contribution < -0.4 is 19.9 Å². The first-order chi connectivity index (χ1) is 14.8. The van der Waals surface area contributed by atoms with Crippen molar-refractivity contribution in [2.45, 2.75) is 19.4 Å². The molecule has 31 heavy (non-hydrogen) atoms. The molecule has 0 aliphatic rings. The minimum atomic E-state index is -1.51. The van der Waals surface area contributed by atoms with Gasteiger partial charge in [0.2, 0.25) is 0 Å². The van der Waals surface area contributed by atoms with E-state index in [4.69, 9.17) is 14.6 Å². The molecule has 0 heterocycles. The van der Waals surface area contributed by atoms with E-state index in [9.17, 15) is 19.5 Å². The van der Waals surface area contributed by atoms with Gasteiger partial charge in [-0.3, -0.25) is 4.79 Å². The summed E-state index contributed by atoms with van der Waals surface area (Å²) in [4.78, 5) is 31.1. The largest absolute Gasteiger partial charge is 0.545 e. The maximum atomic E-state index is 12.2. The zero-order valence-corrected chi connectivity index (χ0v) is 17.5. The molecule has 8 nitrogen and oxygen atoms in total. The first kappa shape index (κ1) is 25.4. The van der Waals surface area contributed by atoms with E-state index in [1.165, 1.54) is 0 Å². The van der Waals surface area contributed by atoms with Crippen LogP contribution in [-0.4, -0.2) is 49.1 Å². The van der Waals surface area contributed by atoms with E-state index in [1.54, 1.807) is 13.2 Å². The number of rotatable bonds is 11. The first-order valence-electron chi connectivity index (χ1n) is 9.62. The van der Waals surface area contributed by atoms with Crippen LogP contribution in [0, 0.1) is 0 Å². The number of aliphatic carboxylic acids is 2. The van der Waals surface area contributed by atoms with Crippen molar-refractivity contribution in [1.82, 2.24) is 0 Å². The van der Waals surface area contributed by atoms with Crippen LogP contribution in [0.5, 0.6) is 11.5 Å². The molecule has 0 aliphatic heterocycles. The molecule has 0 spiro atoms. The number of hydrogen-bond donors (Lipinski definition) is 2. The number of carbonyl (C=O) groups is 3. The second-order valence-electron chi connectivity index (χ2n) is 6.52. The number of benzene rings is 2. The molecule has 2 aromatic carbocycles. The Morgan fingerprint density at radius 3 is 2.32 bits per heavy atom. The van der Waals surface area contributed by atoms with Crippen LogP contribution in [0.2, 0.25) is 0 Å². The number of carbonyl (C=O) groups excluding carboxylic acids is 2. The third-order valence-corrected chi connectivity index (χ3v) is 3.95. The van der Waals surface area contributed by atoms with E-state index < -0.39 is 11.9 Å². The molecule has 2 rings (SSSR count). The van der Waals surface area contributed by atoms with Crippen LogP contribution >= 0.6 is 0 Å². The van der Waals surface area contributed by atoms with Crippen molar-refractivity contribution >= 4 is 17.7 Å². The van der Waals surface area contributed by atoms with E-state index in [2.05, 4.69) is 12.2 Å². The highest BCUT2D eigenvalue weighted by atomic mass is 16.5. The van der Waals surface area contributed by atoms with Crippen LogP contribution in [-0.2, 0) is 9.59 Å². The van der Waals surface area contributed by atoms with Crippen LogP contribution in [0.3, 0.4) is 0 Å². The molecule has 2 aromatic rings. The second-order valence-corrected chi connectivity index (χ2v) is 6.52. The molecular weight excluding hydrogens is 402 g/mol. The second kappa shape index (κ2) is 14.4. The van der Waals surface area contributed by atoms with Gasteiger partial charge in [0.15, 0.2) is 5.78 Å². The Morgan fingerprint density at radius 1 is 1.06 bits per heavy atom. The molecule has 3 N–H and O–H groups in total. The zero-order valence-electron chi connectivity index (χ0n) is 17.5. The highest BCUT2D eigenvalue weighted by Crippen LogP contribution is 2.13. The van der Waals surface area contributed by atoms with Crippen molar-refractivity contribution in [2.75, 3.05) is 20.3 Å². The number of methoxy groups -OCH3 is 1. The molecule has 0 saturated heterocycles. The lowest BCUT2D eigenvalue weighted by Gasteiger charge is -2.12. The molecule has 0 saturated carbocycles. The van der Waals surface area contributed by atoms with Gasteiger partial charge in [0, 0.05) is 11.6 Å². The predicted octanol–water partition coefficient (Wildman–Crippen LogP) is 0.676. The fourth-order valence-electron chi connectivity index (χ4n) is 2.39. The van der Waals surface area contributed by atoms with Crippen LogP contribution in [0.25, 0.3) is 0 Å². The number of carboxylic acids is 2. The Kier molecular flexibility index (Phi) is 11.8. The summed E-state index contributed by atoms with van der Waals surface area (Å²) in [5, 5.41) is 19.4. The Morgan fingerprint density at radius 2 is 1.74 bits per heavy atom. The number of ketones is 1. The summed E-state index contributed by atoms with van der Waals surface area (Å²) in [6, 6.07) is 17.3. The van der Waals surface area contributed by atoms with Gasteiger partial charge in [-0.25, -0.2) is 4.79 Å². The molecule has 166 valence electrons. The molecule has 0 radical (unpaired) electrons. The summed E-state index contributed by atoms with van der Waals surface area (Å²) in [6.07, 6.45) is 1.44. The van der Waals surface area contributed by atoms with Gasteiger partial charge in [-0.1, -0.05) is 30.3 Å². The van der Waals surface area contributed by atoms with Gasteiger partial charge in [0.05, 0.1) is 26.0 Å². The fourth-order valence-corrected chi connectivity index (χ4v) is 2.39. The monoisotopic (exact) mass is 429 g/mol. The number of ether oxygens (including phenoxy) is 2. The summed E-state index contributed by atoms with van der Waals surface area (Å²) < 4.78 is 10.9. The smallest absolute Gasteiger partial charge is 0.328 e. The van der Waals surface area contributed by atoms with E-state index in [0.717, 1.165) is 12.3 Å². The molecule has 1 atom stereocenters.